The number of aromatic amines is 1. The molecule has 0 saturated carbocycles. The smallest absolute Gasteiger partial charge is 0.271 e. The Bertz CT molecular complexity index is 984. The van der Waals surface area contributed by atoms with E-state index in [1.165, 1.54) is 6.92 Å². The van der Waals surface area contributed by atoms with Gasteiger partial charge in [-0.05, 0) is 51.3 Å². The first kappa shape index (κ1) is 17.0. The van der Waals surface area contributed by atoms with Crippen LogP contribution in [0.2, 0.25) is 0 Å². The molecule has 26 heavy (non-hydrogen) atoms. The van der Waals surface area contributed by atoms with Crippen LogP contribution in [0.3, 0.4) is 0 Å². The number of likely N-dealkylation sites (tertiary alicyclic amines) is 1. The number of H-pyrrole nitrogens is 1. The van der Waals surface area contributed by atoms with E-state index in [0.717, 1.165) is 39.3 Å². The fourth-order valence-electron chi connectivity index (χ4n) is 3.93. The molecule has 5 nitrogen and oxygen atoms in total. The third-order valence-corrected chi connectivity index (χ3v) is 6.25. The number of benzene rings is 1. The van der Waals surface area contributed by atoms with E-state index in [1.54, 1.807) is 11.3 Å². The summed E-state index contributed by atoms with van der Waals surface area (Å²) in [5.41, 5.74) is 3.64. The van der Waals surface area contributed by atoms with Crippen LogP contribution in [0.1, 0.15) is 62.9 Å². The summed E-state index contributed by atoms with van der Waals surface area (Å²) in [5.74, 6) is -0.0562. The Morgan fingerprint density at radius 1 is 1.27 bits per heavy atom. The summed E-state index contributed by atoms with van der Waals surface area (Å²) < 4.78 is 1.15. The highest BCUT2D eigenvalue weighted by Crippen LogP contribution is 2.37. The number of carbonyl (C=O) groups excluding carboxylic acids is 2. The largest absolute Gasteiger partial charge is 0.354 e. The van der Waals surface area contributed by atoms with Crippen LogP contribution in [-0.2, 0) is 0 Å². The Morgan fingerprint density at radius 3 is 2.73 bits per heavy atom. The Morgan fingerprint density at radius 2 is 2.04 bits per heavy atom. The van der Waals surface area contributed by atoms with Crippen LogP contribution >= 0.6 is 11.3 Å². The van der Waals surface area contributed by atoms with E-state index in [9.17, 15) is 9.59 Å². The van der Waals surface area contributed by atoms with Gasteiger partial charge in [0.25, 0.3) is 5.91 Å². The number of hydrogen-bond donors (Lipinski definition) is 1. The fourth-order valence-corrected chi connectivity index (χ4v) is 5.05. The van der Waals surface area contributed by atoms with Gasteiger partial charge < -0.3 is 9.88 Å². The molecule has 1 aromatic carbocycles. The molecular formula is C20H21N3O2S. The van der Waals surface area contributed by atoms with Crippen molar-refractivity contribution in [2.45, 2.75) is 39.7 Å². The van der Waals surface area contributed by atoms with Crippen LogP contribution in [-0.4, -0.2) is 33.1 Å². The minimum Gasteiger partial charge on any atom is -0.354 e. The zero-order valence-corrected chi connectivity index (χ0v) is 15.9. The number of amides is 1. The van der Waals surface area contributed by atoms with Gasteiger partial charge in [0.1, 0.15) is 10.7 Å². The summed E-state index contributed by atoms with van der Waals surface area (Å²) in [5, 5.41) is 0.991. The average molecular weight is 367 g/mol. The van der Waals surface area contributed by atoms with Crippen molar-refractivity contribution in [3.05, 3.63) is 51.8 Å². The normalized spacial score (nSPS) is 17.2. The molecule has 0 unspecified atom stereocenters. The minimum atomic E-state index is -0.0418. The zero-order valence-electron chi connectivity index (χ0n) is 15.1. The van der Waals surface area contributed by atoms with E-state index >= 15 is 0 Å². The SMILES string of the molecule is CC(=O)c1c(C)[nH]c(C(=O)N2CCC[C@@H]2c2nc3ccccc3s2)c1C. The fraction of sp³-hybridized carbons (Fsp3) is 0.350. The van der Waals surface area contributed by atoms with Gasteiger partial charge in [0, 0.05) is 17.8 Å². The number of nitrogens with one attached hydrogen (secondary N) is 1. The molecule has 0 radical (unpaired) electrons. The number of Topliss-reactive ketones (excluding diaryl/α,β-unsaturated/α-hetero) is 1. The molecule has 1 aliphatic rings. The van der Waals surface area contributed by atoms with Gasteiger partial charge in [-0.1, -0.05) is 12.1 Å². The van der Waals surface area contributed by atoms with Gasteiger partial charge in [-0.3, -0.25) is 9.59 Å². The number of nitrogens with zero attached hydrogens (tertiary/aromatic N) is 2. The lowest BCUT2D eigenvalue weighted by Gasteiger charge is -2.23. The minimum absolute atomic E-state index is 0.00341. The van der Waals surface area contributed by atoms with Crippen LogP contribution in [0.4, 0.5) is 0 Å². The van der Waals surface area contributed by atoms with Gasteiger partial charge in [-0.15, -0.1) is 11.3 Å². The summed E-state index contributed by atoms with van der Waals surface area (Å²) >= 11 is 1.66. The molecule has 1 aliphatic heterocycles. The van der Waals surface area contributed by atoms with E-state index in [0.29, 0.717) is 17.8 Å². The molecule has 1 saturated heterocycles. The van der Waals surface area contributed by atoms with Crippen LogP contribution in [0.5, 0.6) is 0 Å². The van der Waals surface area contributed by atoms with Crippen LogP contribution < -0.4 is 0 Å². The standard InChI is InChI=1S/C20H21N3O2S/c1-11-17(13(3)24)12(2)21-18(11)20(25)23-10-6-8-15(23)19-22-14-7-4-5-9-16(14)26-19/h4-5,7,9,15,21H,6,8,10H2,1-3H3/t15-/m1/s1. The summed E-state index contributed by atoms with van der Waals surface area (Å²) in [6.07, 6.45) is 1.88. The molecule has 2 aromatic heterocycles. The Kier molecular flexibility index (Phi) is 4.15. The van der Waals surface area contributed by atoms with Crippen molar-refractivity contribution in [3.8, 4) is 0 Å². The number of para-hydroxylation sites is 1. The topological polar surface area (TPSA) is 66.1 Å². The Balaban J connectivity index is 1.69. The number of hydrogen-bond acceptors (Lipinski definition) is 4. The highest BCUT2D eigenvalue weighted by Gasteiger charge is 2.34. The molecule has 134 valence electrons. The quantitative estimate of drug-likeness (QED) is 0.697. The first-order valence-electron chi connectivity index (χ1n) is 8.84. The van der Waals surface area contributed by atoms with Crippen LogP contribution in [0, 0.1) is 13.8 Å². The van der Waals surface area contributed by atoms with Gasteiger partial charge >= 0.3 is 0 Å². The highest BCUT2D eigenvalue weighted by molar-refractivity contribution is 7.18. The number of aryl methyl sites for hydroxylation is 1. The predicted molar refractivity (Wildman–Crippen MR) is 103 cm³/mol. The lowest BCUT2D eigenvalue weighted by atomic mass is 10.1. The van der Waals surface area contributed by atoms with E-state index in [2.05, 4.69) is 11.1 Å². The highest BCUT2D eigenvalue weighted by atomic mass is 32.1. The van der Waals surface area contributed by atoms with Gasteiger partial charge in [0.15, 0.2) is 5.78 Å². The molecule has 0 spiro atoms. The lowest BCUT2D eigenvalue weighted by Crippen LogP contribution is -2.31. The molecule has 1 atom stereocenters. The number of aromatic nitrogens is 2. The van der Waals surface area contributed by atoms with E-state index in [1.807, 2.05) is 36.9 Å². The maximum atomic E-state index is 13.2. The molecule has 3 heterocycles. The lowest BCUT2D eigenvalue weighted by molar-refractivity contribution is 0.0729. The van der Waals surface area contributed by atoms with Gasteiger partial charge in [0.05, 0.1) is 16.3 Å². The zero-order chi connectivity index (χ0) is 18.4. The Labute approximate surface area is 156 Å². The molecule has 4 rings (SSSR count). The van der Waals surface area contributed by atoms with Gasteiger partial charge in [-0.2, -0.15) is 0 Å². The van der Waals surface area contributed by atoms with E-state index < -0.39 is 0 Å². The monoisotopic (exact) mass is 367 g/mol. The van der Waals surface area contributed by atoms with Crippen molar-refractivity contribution in [3.63, 3.8) is 0 Å². The second kappa shape index (κ2) is 6.36. The van der Waals surface area contributed by atoms with Crippen LogP contribution in [0.15, 0.2) is 24.3 Å². The van der Waals surface area contributed by atoms with Crippen molar-refractivity contribution in [1.82, 2.24) is 14.9 Å². The first-order chi connectivity index (χ1) is 12.5. The van der Waals surface area contributed by atoms with E-state index in [4.69, 9.17) is 4.98 Å². The third-order valence-electron chi connectivity index (χ3n) is 5.11. The summed E-state index contributed by atoms with van der Waals surface area (Å²) in [6.45, 7) is 5.94. The summed E-state index contributed by atoms with van der Waals surface area (Å²) in [7, 11) is 0. The predicted octanol–water partition coefficient (Wildman–Crippen LogP) is 4.42. The van der Waals surface area contributed by atoms with Crippen molar-refractivity contribution >= 4 is 33.2 Å². The Hall–Kier alpha value is -2.47. The summed E-state index contributed by atoms with van der Waals surface area (Å²) in [6, 6.07) is 8.07. The molecule has 1 fully saturated rings. The molecular weight excluding hydrogens is 346 g/mol. The first-order valence-corrected chi connectivity index (χ1v) is 9.65. The van der Waals surface area contributed by atoms with Crippen molar-refractivity contribution < 1.29 is 9.59 Å². The van der Waals surface area contributed by atoms with E-state index in [-0.39, 0.29) is 17.7 Å². The van der Waals surface area contributed by atoms with Crippen molar-refractivity contribution in [2.75, 3.05) is 6.54 Å². The number of fused-ring (bicyclic) bond motifs is 1. The van der Waals surface area contributed by atoms with Crippen LogP contribution in [0.25, 0.3) is 10.2 Å². The number of rotatable bonds is 3. The summed E-state index contributed by atoms with van der Waals surface area (Å²) in [4.78, 5) is 34.9. The molecule has 6 heteroatoms. The maximum Gasteiger partial charge on any atom is 0.271 e. The number of ketones is 1. The molecule has 1 N–H and O–H groups in total. The molecule has 0 bridgehead atoms. The van der Waals surface area contributed by atoms with Crippen molar-refractivity contribution in [2.24, 2.45) is 0 Å². The molecule has 0 aliphatic carbocycles. The number of carbonyl (C=O) groups is 2. The second-order valence-electron chi connectivity index (χ2n) is 6.86. The average Bonchev–Trinajstić information content (AvgIpc) is 3.29. The van der Waals surface area contributed by atoms with Gasteiger partial charge in [-0.25, -0.2) is 4.98 Å². The second-order valence-corrected chi connectivity index (χ2v) is 7.92. The molecule has 3 aromatic rings. The maximum absolute atomic E-state index is 13.2. The number of thiazole rings is 1. The van der Waals surface area contributed by atoms with Crippen molar-refractivity contribution in [1.29, 1.82) is 0 Å². The van der Waals surface area contributed by atoms with Gasteiger partial charge in [0.2, 0.25) is 0 Å². The molecule has 1 amide bonds. The third kappa shape index (κ3) is 2.65.